The van der Waals surface area contributed by atoms with Crippen LogP contribution in [0.15, 0.2) is 48.5 Å². The van der Waals surface area contributed by atoms with Crippen LogP contribution in [-0.4, -0.2) is 53.8 Å². The van der Waals surface area contributed by atoms with Gasteiger partial charge >= 0.3 is 6.03 Å². The van der Waals surface area contributed by atoms with Crippen molar-refractivity contribution in [3.8, 4) is 18.1 Å². The van der Waals surface area contributed by atoms with Crippen molar-refractivity contribution in [1.29, 1.82) is 0 Å². The number of rotatable bonds is 5. The molecule has 0 spiro atoms. The lowest BCUT2D eigenvalue weighted by Crippen LogP contribution is -2.50. The lowest BCUT2D eigenvalue weighted by Gasteiger charge is -2.27. The third-order valence-electron chi connectivity index (χ3n) is 4.95. The fraction of sp³-hybridized carbons (Fsp3) is 0.304. The summed E-state index contributed by atoms with van der Waals surface area (Å²) in [6.45, 7) is 0.705. The zero-order valence-electron chi connectivity index (χ0n) is 16.9. The minimum Gasteiger partial charge on any atom is -0.481 e. The zero-order chi connectivity index (χ0) is 22.2. The third-order valence-corrected chi connectivity index (χ3v) is 4.95. The molecule has 8 heteroatoms. The number of hydrogen-bond donors (Lipinski definition) is 3. The van der Waals surface area contributed by atoms with Gasteiger partial charge in [-0.2, -0.15) is 0 Å². The minimum absolute atomic E-state index is 0.135. The summed E-state index contributed by atoms with van der Waals surface area (Å²) >= 11 is 0. The number of hydrogen-bond acceptors (Lipinski definition) is 4. The van der Waals surface area contributed by atoms with Gasteiger partial charge in [0.1, 0.15) is 18.2 Å². The molecule has 3 amide bonds. The Labute approximate surface area is 180 Å². The van der Waals surface area contributed by atoms with Crippen molar-refractivity contribution in [2.75, 3.05) is 25.0 Å². The smallest absolute Gasteiger partial charge is 0.321 e. The number of amides is 3. The number of terminal acetylenes is 1. The van der Waals surface area contributed by atoms with E-state index in [-0.39, 0.29) is 25.1 Å². The molecule has 1 heterocycles. The van der Waals surface area contributed by atoms with Gasteiger partial charge in [0.15, 0.2) is 0 Å². The maximum atomic E-state index is 13.1. The molecule has 1 aliphatic heterocycles. The molecule has 0 aliphatic carbocycles. The normalized spacial score (nSPS) is 18.4. The van der Waals surface area contributed by atoms with Crippen molar-refractivity contribution in [2.45, 2.75) is 25.0 Å². The number of urea groups is 1. The standard InChI is InChI=1S/C23H24FN3O4/c1-2-14-31-19-11-5-16(6-12-19)22(29)26-20-15-27(13-3-4-21(20)28)23(30)25-18-9-7-17(24)8-10-18/h1,5-12,20-21,28H,3-4,13-15H2,(H,25,30)(H,26,29)/t20-,21+/m0/s1. The Kier molecular flexibility index (Phi) is 7.46. The molecule has 0 bridgehead atoms. The predicted octanol–water partition coefficient (Wildman–Crippen LogP) is 2.62. The van der Waals surface area contributed by atoms with Crippen molar-refractivity contribution < 1.29 is 23.8 Å². The van der Waals surface area contributed by atoms with E-state index in [2.05, 4.69) is 16.6 Å². The van der Waals surface area contributed by atoms with Crippen molar-refractivity contribution in [3.05, 3.63) is 59.9 Å². The van der Waals surface area contributed by atoms with Gasteiger partial charge in [0.25, 0.3) is 5.91 Å². The van der Waals surface area contributed by atoms with Gasteiger partial charge in [-0.1, -0.05) is 5.92 Å². The second kappa shape index (κ2) is 10.5. The van der Waals surface area contributed by atoms with Crippen LogP contribution in [0.5, 0.6) is 5.75 Å². The zero-order valence-corrected chi connectivity index (χ0v) is 16.9. The van der Waals surface area contributed by atoms with Crippen molar-refractivity contribution in [3.63, 3.8) is 0 Å². The Balaban J connectivity index is 1.62. The number of nitrogens with zero attached hydrogens (tertiary/aromatic N) is 1. The Hall–Kier alpha value is -3.57. The number of halogens is 1. The van der Waals surface area contributed by atoms with Gasteiger partial charge in [0, 0.05) is 24.3 Å². The van der Waals surface area contributed by atoms with Crippen LogP contribution in [0.1, 0.15) is 23.2 Å². The van der Waals surface area contributed by atoms with Crippen LogP contribution in [0.3, 0.4) is 0 Å². The highest BCUT2D eigenvalue weighted by molar-refractivity contribution is 5.94. The molecule has 1 fully saturated rings. The Morgan fingerprint density at radius 2 is 1.90 bits per heavy atom. The van der Waals surface area contributed by atoms with Gasteiger partial charge in [-0.25, -0.2) is 9.18 Å². The number of ether oxygens (including phenoxy) is 1. The molecular weight excluding hydrogens is 401 g/mol. The maximum absolute atomic E-state index is 13.1. The fourth-order valence-corrected chi connectivity index (χ4v) is 3.28. The number of carbonyl (C=O) groups excluding carboxylic acids is 2. The fourth-order valence-electron chi connectivity index (χ4n) is 3.28. The lowest BCUT2D eigenvalue weighted by molar-refractivity contribution is 0.0811. The van der Waals surface area contributed by atoms with Gasteiger partial charge in [-0.05, 0) is 61.4 Å². The highest BCUT2D eigenvalue weighted by Crippen LogP contribution is 2.16. The van der Waals surface area contributed by atoms with Crippen LogP contribution in [0.2, 0.25) is 0 Å². The molecule has 1 aliphatic rings. The molecule has 31 heavy (non-hydrogen) atoms. The lowest BCUT2D eigenvalue weighted by atomic mass is 10.1. The van der Waals surface area contributed by atoms with Crippen LogP contribution < -0.4 is 15.4 Å². The first kappa shape index (κ1) is 22.1. The average molecular weight is 425 g/mol. The minimum atomic E-state index is -0.786. The van der Waals surface area contributed by atoms with E-state index in [9.17, 15) is 19.1 Å². The van der Waals surface area contributed by atoms with Gasteiger partial charge in [0.05, 0.1) is 12.1 Å². The molecule has 2 atom stereocenters. The van der Waals surface area contributed by atoms with Gasteiger partial charge < -0.3 is 25.4 Å². The molecule has 2 aromatic rings. The number of likely N-dealkylation sites (tertiary alicyclic amines) is 1. The first-order valence-corrected chi connectivity index (χ1v) is 9.93. The van der Waals surface area contributed by atoms with Crippen molar-refractivity contribution in [2.24, 2.45) is 0 Å². The van der Waals surface area contributed by atoms with Gasteiger partial charge in [-0.3, -0.25) is 4.79 Å². The first-order valence-electron chi connectivity index (χ1n) is 9.93. The molecular formula is C23H24FN3O4. The molecule has 0 radical (unpaired) electrons. The SMILES string of the molecule is C#CCOc1ccc(C(=O)N[C@H]2CN(C(=O)Nc3ccc(F)cc3)CCC[C@H]2O)cc1. The van der Waals surface area contributed by atoms with E-state index in [1.54, 1.807) is 24.3 Å². The summed E-state index contributed by atoms with van der Waals surface area (Å²) < 4.78 is 18.3. The molecule has 1 saturated heterocycles. The molecule has 0 aromatic heterocycles. The van der Waals surface area contributed by atoms with E-state index in [4.69, 9.17) is 11.2 Å². The summed E-state index contributed by atoms with van der Waals surface area (Å²) in [5.74, 6) is 2.15. The van der Waals surface area contributed by atoms with E-state index in [0.29, 0.717) is 36.4 Å². The van der Waals surface area contributed by atoms with E-state index >= 15 is 0 Å². The Morgan fingerprint density at radius 3 is 2.58 bits per heavy atom. The molecule has 162 valence electrons. The van der Waals surface area contributed by atoms with Crippen molar-refractivity contribution >= 4 is 17.6 Å². The van der Waals surface area contributed by atoms with Gasteiger partial charge in [-0.15, -0.1) is 6.42 Å². The van der Waals surface area contributed by atoms with Crippen LogP contribution in [-0.2, 0) is 0 Å². The molecule has 3 rings (SSSR count). The van der Waals surface area contributed by atoms with Gasteiger partial charge in [0.2, 0.25) is 0 Å². The molecule has 0 unspecified atom stereocenters. The molecule has 0 saturated carbocycles. The summed E-state index contributed by atoms with van der Waals surface area (Å²) in [5, 5.41) is 16.0. The van der Waals surface area contributed by atoms with Crippen LogP contribution in [0, 0.1) is 18.2 Å². The largest absolute Gasteiger partial charge is 0.481 e. The monoisotopic (exact) mass is 425 g/mol. The molecule has 3 N–H and O–H groups in total. The number of aliphatic hydroxyl groups is 1. The Bertz CT molecular complexity index is 941. The quantitative estimate of drug-likeness (QED) is 0.643. The molecule has 7 nitrogen and oxygen atoms in total. The van der Waals surface area contributed by atoms with Crippen molar-refractivity contribution in [1.82, 2.24) is 10.2 Å². The molecule has 2 aromatic carbocycles. The summed E-state index contributed by atoms with van der Waals surface area (Å²) in [6, 6.07) is 10.9. The van der Waals surface area contributed by atoms with E-state index < -0.39 is 18.0 Å². The van der Waals surface area contributed by atoms with Crippen LogP contribution >= 0.6 is 0 Å². The number of anilines is 1. The highest BCUT2D eigenvalue weighted by Gasteiger charge is 2.29. The van der Waals surface area contributed by atoms with E-state index in [0.717, 1.165) is 0 Å². The second-order valence-electron chi connectivity index (χ2n) is 7.19. The Morgan fingerprint density at radius 1 is 1.19 bits per heavy atom. The third kappa shape index (κ3) is 6.20. The first-order chi connectivity index (χ1) is 15.0. The van der Waals surface area contributed by atoms with Crippen LogP contribution in [0.4, 0.5) is 14.9 Å². The predicted molar refractivity (Wildman–Crippen MR) is 114 cm³/mol. The number of nitrogens with one attached hydrogen (secondary N) is 2. The number of carbonyl (C=O) groups is 2. The highest BCUT2D eigenvalue weighted by atomic mass is 19.1. The number of benzene rings is 2. The van der Waals surface area contributed by atoms with Crippen LogP contribution in [0.25, 0.3) is 0 Å². The summed E-state index contributed by atoms with van der Waals surface area (Å²) in [5.41, 5.74) is 0.857. The summed E-state index contributed by atoms with van der Waals surface area (Å²) in [7, 11) is 0. The van der Waals surface area contributed by atoms with E-state index in [1.165, 1.54) is 29.2 Å². The second-order valence-corrected chi connectivity index (χ2v) is 7.19. The maximum Gasteiger partial charge on any atom is 0.321 e. The summed E-state index contributed by atoms with van der Waals surface area (Å²) in [6.07, 6.45) is 5.41. The number of aliphatic hydroxyl groups excluding tert-OH is 1. The van der Waals surface area contributed by atoms with E-state index in [1.807, 2.05) is 0 Å². The average Bonchev–Trinajstić information content (AvgIpc) is 2.95. The topological polar surface area (TPSA) is 90.9 Å². The summed E-state index contributed by atoms with van der Waals surface area (Å²) in [4.78, 5) is 26.8.